The van der Waals surface area contributed by atoms with Crippen molar-refractivity contribution in [2.24, 2.45) is 0 Å². The van der Waals surface area contributed by atoms with Gasteiger partial charge in [0.2, 0.25) is 0 Å². The summed E-state index contributed by atoms with van der Waals surface area (Å²) in [6, 6.07) is 58.9. The van der Waals surface area contributed by atoms with Gasteiger partial charge in [0.1, 0.15) is 0 Å². The lowest BCUT2D eigenvalue weighted by molar-refractivity contribution is 0.589. The predicted octanol–water partition coefficient (Wildman–Crippen LogP) is 7.74. The second kappa shape index (κ2) is 10.9. The van der Waals surface area contributed by atoms with Crippen LogP contribution in [0.1, 0.15) is 37.5 Å². The summed E-state index contributed by atoms with van der Waals surface area (Å²) in [6.45, 7) is 6.91. The maximum absolute atomic E-state index is 2.61. The van der Waals surface area contributed by atoms with E-state index >= 15 is 0 Å². The van der Waals surface area contributed by atoms with Gasteiger partial charge < -0.3 is 4.90 Å². The van der Waals surface area contributed by atoms with Crippen LogP contribution in [0.15, 0.2) is 158 Å². The molecular formula is C41H37NSi. The van der Waals surface area contributed by atoms with Crippen LogP contribution < -0.4 is 25.6 Å². The van der Waals surface area contributed by atoms with E-state index in [-0.39, 0.29) is 5.41 Å². The molecule has 0 saturated carbocycles. The number of fused-ring (bicyclic) bond motifs is 2. The maximum Gasteiger partial charge on any atom is 0.179 e. The highest BCUT2D eigenvalue weighted by Crippen LogP contribution is 2.44. The lowest BCUT2D eigenvalue weighted by atomic mass is 9.84. The molecule has 1 aliphatic rings. The Kier molecular flexibility index (Phi) is 6.87. The first-order valence-corrected chi connectivity index (χ1v) is 17.2. The van der Waals surface area contributed by atoms with Gasteiger partial charge in [0, 0.05) is 23.5 Å². The summed E-state index contributed by atoms with van der Waals surface area (Å²) in [5, 5.41) is 5.62. The maximum atomic E-state index is 2.54. The molecule has 0 N–H and O–H groups in total. The minimum atomic E-state index is -2.61. The molecule has 0 spiro atoms. The van der Waals surface area contributed by atoms with Crippen LogP contribution >= 0.6 is 0 Å². The van der Waals surface area contributed by atoms with Gasteiger partial charge in [0.15, 0.2) is 8.07 Å². The molecule has 0 radical (unpaired) electrons. The normalized spacial score (nSPS) is 12.9. The first-order chi connectivity index (χ1) is 21.0. The van der Waals surface area contributed by atoms with E-state index in [1.807, 2.05) is 0 Å². The van der Waals surface area contributed by atoms with Crippen molar-refractivity contribution in [2.45, 2.75) is 32.6 Å². The summed E-state index contributed by atoms with van der Waals surface area (Å²) in [4.78, 5) is 2.46. The van der Waals surface area contributed by atoms with Crippen molar-refractivity contribution < 1.29 is 0 Å². The minimum absolute atomic E-state index is 0.0880. The van der Waals surface area contributed by atoms with Crippen LogP contribution in [0.25, 0.3) is 0 Å². The van der Waals surface area contributed by atoms with Gasteiger partial charge in [-0.25, -0.2) is 0 Å². The van der Waals surface area contributed by atoms with Gasteiger partial charge >= 0.3 is 0 Å². The SMILES string of the molecule is CC(C)(C)c1ccc2c(c1)Cc1cc([Si](c3ccccc3)(c3ccccc3)c3ccccc3)ccc1N2c1ccccc1. The zero-order valence-electron chi connectivity index (χ0n) is 25.2. The van der Waals surface area contributed by atoms with Gasteiger partial charge in [0.05, 0.1) is 0 Å². The van der Waals surface area contributed by atoms with Crippen molar-refractivity contribution in [3.63, 3.8) is 0 Å². The molecule has 1 heterocycles. The molecule has 0 amide bonds. The number of hydrogen-bond donors (Lipinski definition) is 0. The van der Waals surface area contributed by atoms with E-state index in [0.717, 1.165) is 6.42 Å². The number of anilines is 3. The third-order valence-electron chi connectivity index (χ3n) is 8.96. The quantitative estimate of drug-likeness (QED) is 0.151. The molecule has 0 aromatic heterocycles. The zero-order valence-corrected chi connectivity index (χ0v) is 26.2. The number of rotatable bonds is 5. The van der Waals surface area contributed by atoms with Crippen molar-refractivity contribution in [1.82, 2.24) is 0 Å². The molecule has 43 heavy (non-hydrogen) atoms. The number of benzene rings is 6. The molecule has 6 aromatic carbocycles. The van der Waals surface area contributed by atoms with Crippen LogP contribution in [0.3, 0.4) is 0 Å². The van der Waals surface area contributed by atoms with Gasteiger partial charge in [-0.05, 0) is 67.1 Å². The topological polar surface area (TPSA) is 3.24 Å². The smallest absolute Gasteiger partial charge is 0.179 e. The van der Waals surface area contributed by atoms with Crippen LogP contribution in [-0.2, 0) is 11.8 Å². The summed E-state index contributed by atoms with van der Waals surface area (Å²) in [6.07, 6.45) is 0.911. The summed E-state index contributed by atoms with van der Waals surface area (Å²) >= 11 is 0. The van der Waals surface area contributed by atoms with Gasteiger partial charge in [-0.2, -0.15) is 0 Å². The fourth-order valence-corrected chi connectivity index (χ4v) is 11.6. The van der Waals surface area contributed by atoms with Crippen LogP contribution in [0.5, 0.6) is 0 Å². The fraction of sp³-hybridized carbons (Fsp3) is 0.122. The Morgan fingerprint density at radius 1 is 0.465 bits per heavy atom. The fourth-order valence-electron chi connectivity index (χ4n) is 6.84. The van der Waals surface area contributed by atoms with E-state index in [4.69, 9.17) is 0 Å². The van der Waals surface area contributed by atoms with Crippen LogP contribution in [0.2, 0.25) is 0 Å². The third kappa shape index (κ3) is 4.72. The molecule has 0 atom stereocenters. The van der Waals surface area contributed by atoms with Crippen LogP contribution in [0.4, 0.5) is 17.1 Å². The summed E-state index contributed by atoms with van der Waals surface area (Å²) < 4.78 is 0. The van der Waals surface area contributed by atoms with Crippen molar-refractivity contribution in [2.75, 3.05) is 4.90 Å². The van der Waals surface area contributed by atoms with Crippen molar-refractivity contribution >= 4 is 45.9 Å². The first-order valence-electron chi connectivity index (χ1n) is 15.2. The van der Waals surface area contributed by atoms with Gasteiger partial charge in [-0.1, -0.05) is 154 Å². The average Bonchev–Trinajstić information content (AvgIpc) is 3.05. The molecule has 0 unspecified atom stereocenters. The molecule has 210 valence electrons. The zero-order chi connectivity index (χ0) is 29.4. The molecule has 0 aliphatic carbocycles. The van der Waals surface area contributed by atoms with Crippen molar-refractivity contribution in [1.29, 1.82) is 0 Å². The second-order valence-corrected chi connectivity index (χ2v) is 16.4. The highest BCUT2D eigenvalue weighted by molar-refractivity contribution is 7.19. The summed E-state index contributed by atoms with van der Waals surface area (Å²) in [5.41, 5.74) is 7.95. The van der Waals surface area contributed by atoms with E-state index in [2.05, 4.69) is 183 Å². The van der Waals surface area contributed by atoms with E-state index < -0.39 is 8.07 Å². The minimum Gasteiger partial charge on any atom is -0.310 e. The Hall–Kier alpha value is -4.66. The average molecular weight is 572 g/mol. The van der Waals surface area contributed by atoms with Gasteiger partial charge in [-0.15, -0.1) is 0 Å². The molecule has 1 aliphatic heterocycles. The predicted molar refractivity (Wildman–Crippen MR) is 186 cm³/mol. The largest absolute Gasteiger partial charge is 0.310 e. The van der Waals surface area contributed by atoms with E-state index in [1.165, 1.54) is 54.5 Å². The molecule has 2 heteroatoms. The van der Waals surface area contributed by atoms with Crippen LogP contribution in [0, 0.1) is 0 Å². The van der Waals surface area contributed by atoms with Gasteiger partial charge in [0.25, 0.3) is 0 Å². The van der Waals surface area contributed by atoms with Crippen LogP contribution in [-0.4, -0.2) is 8.07 Å². The molecular weight excluding hydrogens is 535 g/mol. The summed E-state index contributed by atoms with van der Waals surface area (Å²) in [7, 11) is -2.61. The van der Waals surface area contributed by atoms with Crippen molar-refractivity contribution in [3.8, 4) is 0 Å². The first kappa shape index (κ1) is 27.2. The van der Waals surface area contributed by atoms with E-state index in [1.54, 1.807) is 0 Å². The molecule has 0 saturated heterocycles. The highest BCUT2D eigenvalue weighted by atomic mass is 28.3. The van der Waals surface area contributed by atoms with Gasteiger partial charge in [-0.3, -0.25) is 0 Å². The Morgan fingerprint density at radius 3 is 1.40 bits per heavy atom. The Morgan fingerprint density at radius 2 is 0.907 bits per heavy atom. The standard InChI is InChI=1S/C41H37NSi/c1-41(2,3)33-24-26-39-31(29-33)28-32-30-38(25-27-40(32)42(39)34-16-8-4-9-17-34)43(35-18-10-5-11-19-35,36-20-12-6-13-21-36)37-22-14-7-15-23-37/h4-27,29-30H,28H2,1-3H3. The van der Waals surface area contributed by atoms with E-state index in [9.17, 15) is 0 Å². The molecule has 0 fully saturated rings. The van der Waals surface area contributed by atoms with E-state index in [0.29, 0.717) is 0 Å². The second-order valence-electron chi connectivity index (χ2n) is 12.6. The Balaban J connectivity index is 1.50. The summed E-state index contributed by atoms with van der Waals surface area (Å²) in [5.74, 6) is 0. The van der Waals surface area contributed by atoms with Crippen molar-refractivity contribution in [3.05, 3.63) is 174 Å². The molecule has 1 nitrogen and oxygen atoms in total. The Labute approximate surface area is 257 Å². The third-order valence-corrected chi connectivity index (χ3v) is 13.7. The molecule has 0 bridgehead atoms. The Bertz CT molecular complexity index is 1760. The number of nitrogens with zero attached hydrogens (tertiary/aromatic N) is 1. The highest BCUT2D eigenvalue weighted by Gasteiger charge is 2.42. The number of para-hydroxylation sites is 1. The lowest BCUT2D eigenvalue weighted by Gasteiger charge is -2.38. The molecule has 6 aromatic rings. The lowest BCUT2D eigenvalue weighted by Crippen LogP contribution is -2.74. The monoisotopic (exact) mass is 571 g/mol. The molecule has 7 rings (SSSR count). The number of hydrogen-bond acceptors (Lipinski definition) is 1.